The number of thioether (sulfide) groups is 1. The van der Waals surface area contributed by atoms with Gasteiger partial charge in [-0.3, -0.25) is 4.99 Å². The lowest BCUT2D eigenvalue weighted by molar-refractivity contribution is -0.0496. The minimum absolute atomic E-state index is 0. The van der Waals surface area contributed by atoms with Crippen LogP contribution in [0.4, 0.5) is 13.2 Å². The van der Waals surface area contributed by atoms with Crippen LogP contribution in [0.5, 0.6) is 0 Å². The lowest BCUT2D eigenvalue weighted by atomic mass is 9.98. The molecular weight excluding hydrogens is 492 g/mol. The van der Waals surface area contributed by atoms with Crippen molar-refractivity contribution in [3.05, 3.63) is 0 Å². The lowest BCUT2D eigenvalue weighted by Crippen LogP contribution is -2.45. The third kappa shape index (κ3) is 8.08. The van der Waals surface area contributed by atoms with Crippen molar-refractivity contribution in [1.29, 1.82) is 0 Å². The maximum atomic E-state index is 12.5. The van der Waals surface area contributed by atoms with E-state index in [2.05, 4.69) is 15.6 Å². The van der Waals surface area contributed by atoms with E-state index in [0.29, 0.717) is 36.2 Å². The Hall–Kier alpha value is 0.0500. The number of guanidine groups is 1. The van der Waals surface area contributed by atoms with Gasteiger partial charge >= 0.3 is 15.5 Å². The van der Waals surface area contributed by atoms with Crippen molar-refractivity contribution in [2.75, 3.05) is 44.7 Å². The molecule has 6 nitrogen and oxygen atoms in total. The molecule has 25 heavy (non-hydrogen) atoms. The number of hydrogen-bond donors (Lipinski definition) is 2. The quantitative estimate of drug-likeness (QED) is 0.234. The highest BCUT2D eigenvalue weighted by molar-refractivity contribution is 14.0. The van der Waals surface area contributed by atoms with Gasteiger partial charge in [0.05, 0.1) is 0 Å². The number of halogens is 4. The normalized spacial score (nSPS) is 17.9. The molecule has 1 aliphatic heterocycles. The summed E-state index contributed by atoms with van der Waals surface area (Å²) < 4.78 is 60.8. The number of hydrogen-bond acceptors (Lipinski definition) is 4. The van der Waals surface area contributed by atoms with Crippen molar-refractivity contribution in [2.45, 2.75) is 25.3 Å². The Kier molecular flexibility index (Phi) is 11.7. The van der Waals surface area contributed by atoms with Crippen LogP contribution in [-0.2, 0) is 10.0 Å². The van der Waals surface area contributed by atoms with Crippen LogP contribution in [0.2, 0.25) is 0 Å². The monoisotopic (exact) mass is 518 g/mol. The van der Waals surface area contributed by atoms with E-state index in [-0.39, 0.29) is 43.0 Å². The second-order valence-electron chi connectivity index (χ2n) is 5.43. The lowest BCUT2D eigenvalue weighted by Gasteiger charge is -2.30. The average molecular weight is 518 g/mol. The number of aliphatic imine (C=N–C) groups is 1. The Labute approximate surface area is 168 Å². The van der Waals surface area contributed by atoms with Gasteiger partial charge in [-0.2, -0.15) is 29.2 Å². The summed E-state index contributed by atoms with van der Waals surface area (Å²) >= 11 is 1.71. The Morgan fingerprint density at radius 1 is 1.28 bits per heavy atom. The first-order chi connectivity index (χ1) is 11.2. The van der Waals surface area contributed by atoms with Gasteiger partial charge in [-0.25, -0.2) is 8.42 Å². The topological polar surface area (TPSA) is 73.8 Å². The zero-order valence-corrected chi connectivity index (χ0v) is 18.3. The number of nitrogens with zero attached hydrogens (tertiary/aromatic N) is 2. The van der Waals surface area contributed by atoms with Crippen molar-refractivity contribution in [2.24, 2.45) is 10.9 Å². The van der Waals surface area contributed by atoms with Crippen LogP contribution in [0.15, 0.2) is 4.99 Å². The minimum atomic E-state index is -5.22. The maximum Gasteiger partial charge on any atom is 0.511 e. The molecule has 0 saturated carbocycles. The Balaban J connectivity index is 0.00000576. The summed E-state index contributed by atoms with van der Waals surface area (Å²) in [5.74, 6) is 1.70. The molecule has 0 aromatic heterocycles. The molecule has 0 aromatic carbocycles. The van der Waals surface area contributed by atoms with Gasteiger partial charge in [0.15, 0.2) is 5.96 Å². The number of sulfonamides is 1. The number of nitrogens with one attached hydrogen (secondary N) is 2. The highest BCUT2D eigenvalue weighted by Crippen LogP contribution is 2.30. The molecule has 12 heteroatoms. The van der Waals surface area contributed by atoms with Crippen molar-refractivity contribution in [1.82, 2.24) is 14.9 Å². The van der Waals surface area contributed by atoms with Crippen LogP contribution in [-0.4, -0.2) is 68.9 Å². The molecule has 0 amide bonds. The van der Waals surface area contributed by atoms with Crippen LogP contribution < -0.4 is 10.6 Å². The summed E-state index contributed by atoms with van der Waals surface area (Å²) in [5, 5.41) is 6.29. The van der Waals surface area contributed by atoms with Gasteiger partial charge in [-0.05, 0) is 31.9 Å². The van der Waals surface area contributed by atoms with E-state index in [4.69, 9.17) is 0 Å². The van der Waals surface area contributed by atoms with E-state index in [1.165, 1.54) is 0 Å². The molecular formula is C13H26F3IN4O2S2. The molecule has 0 atom stereocenters. The molecule has 0 aromatic rings. The molecule has 1 aliphatic rings. The zero-order chi connectivity index (χ0) is 18.2. The standard InChI is InChI=1S/C13H25F3N4O2S2.HI/c1-3-17-12(18-6-9-23-2)19-10-11-4-7-20(8-5-11)24(21,22)13(14,15)16;/h11H,3-10H2,1-2H3,(H2,17,18,19);1H. The third-order valence-corrected chi connectivity index (χ3v) is 5.90. The maximum absolute atomic E-state index is 12.5. The Morgan fingerprint density at radius 3 is 2.36 bits per heavy atom. The van der Waals surface area contributed by atoms with Gasteiger partial charge in [0.1, 0.15) is 0 Å². The second kappa shape index (κ2) is 11.7. The Bertz CT molecular complexity index is 510. The van der Waals surface area contributed by atoms with Gasteiger partial charge in [-0.15, -0.1) is 24.0 Å². The first-order valence-corrected chi connectivity index (χ1v) is 10.6. The van der Waals surface area contributed by atoms with Gasteiger partial charge < -0.3 is 10.6 Å². The molecule has 0 spiro atoms. The molecule has 1 fully saturated rings. The summed E-state index contributed by atoms with van der Waals surface area (Å²) in [6.45, 7) is 3.68. The predicted molar refractivity (Wildman–Crippen MR) is 107 cm³/mol. The van der Waals surface area contributed by atoms with Gasteiger partial charge in [-0.1, -0.05) is 0 Å². The molecule has 0 bridgehead atoms. The average Bonchev–Trinajstić information content (AvgIpc) is 2.52. The van der Waals surface area contributed by atoms with Gasteiger partial charge in [0, 0.05) is 38.5 Å². The fraction of sp³-hybridized carbons (Fsp3) is 0.923. The minimum Gasteiger partial charge on any atom is -0.357 e. The summed E-state index contributed by atoms with van der Waals surface area (Å²) in [6.07, 6.45) is 2.76. The third-order valence-electron chi connectivity index (χ3n) is 3.66. The van der Waals surface area contributed by atoms with Crippen LogP contribution in [0, 0.1) is 5.92 Å². The fourth-order valence-electron chi connectivity index (χ4n) is 2.31. The summed E-state index contributed by atoms with van der Waals surface area (Å²) in [5.41, 5.74) is -5.22. The van der Waals surface area contributed by atoms with Crippen molar-refractivity contribution >= 4 is 51.7 Å². The summed E-state index contributed by atoms with van der Waals surface area (Å²) in [6, 6.07) is 0. The predicted octanol–water partition coefficient (Wildman–Crippen LogP) is 2.08. The first-order valence-electron chi connectivity index (χ1n) is 7.80. The SMILES string of the molecule is CCNC(=NCC1CCN(S(=O)(=O)C(F)(F)F)CC1)NCCSC.I. The highest BCUT2D eigenvalue weighted by atomic mass is 127. The van der Waals surface area contributed by atoms with Crippen LogP contribution in [0.3, 0.4) is 0 Å². The fourth-order valence-corrected chi connectivity index (χ4v) is 3.60. The number of rotatable bonds is 7. The smallest absolute Gasteiger partial charge is 0.357 e. The van der Waals surface area contributed by atoms with Crippen LogP contribution in [0.25, 0.3) is 0 Å². The van der Waals surface area contributed by atoms with E-state index < -0.39 is 15.5 Å². The van der Waals surface area contributed by atoms with Gasteiger partial charge in [0.25, 0.3) is 0 Å². The van der Waals surface area contributed by atoms with Crippen molar-refractivity contribution in [3.63, 3.8) is 0 Å². The molecule has 0 radical (unpaired) electrons. The van der Waals surface area contributed by atoms with E-state index >= 15 is 0 Å². The van der Waals surface area contributed by atoms with Crippen molar-refractivity contribution in [3.8, 4) is 0 Å². The van der Waals surface area contributed by atoms with Gasteiger partial charge in [0.2, 0.25) is 0 Å². The zero-order valence-electron chi connectivity index (χ0n) is 14.3. The first kappa shape index (κ1) is 25.1. The van der Waals surface area contributed by atoms with Crippen molar-refractivity contribution < 1.29 is 21.6 Å². The van der Waals surface area contributed by atoms with E-state index in [1.807, 2.05) is 13.2 Å². The highest BCUT2D eigenvalue weighted by Gasteiger charge is 2.50. The van der Waals surface area contributed by atoms with E-state index in [9.17, 15) is 21.6 Å². The molecule has 1 rings (SSSR count). The largest absolute Gasteiger partial charge is 0.511 e. The van der Waals surface area contributed by atoms with Crippen LogP contribution in [0.1, 0.15) is 19.8 Å². The molecule has 0 aliphatic carbocycles. The Morgan fingerprint density at radius 2 is 1.88 bits per heavy atom. The molecule has 1 heterocycles. The molecule has 2 N–H and O–H groups in total. The molecule has 0 unspecified atom stereocenters. The second-order valence-corrected chi connectivity index (χ2v) is 8.35. The molecule has 1 saturated heterocycles. The molecule has 150 valence electrons. The van der Waals surface area contributed by atoms with E-state index in [1.54, 1.807) is 11.8 Å². The number of alkyl halides is 3. The number of piperidine rings is 1. The summed E-state index contributed by atoms with van der Waals surface area (Å²) in [7, 11) is -5.21. The van der Waals surface area contributed by atoms with E-state index in [0.717, 1.165) is 12.3 Å². The van der Waals surface area contributed by atoms with Crippen LogP contribution >= 0.6 is 35.7 Å². The summed E-state index contributed by atoms with van der Waals surface area (Å²) in [4.78, 5) is 4.44.